The van der Waals surface area contributed by atoms with Gasteiger partial charge in [0.2, 0.25) is 0 Å². The molecule has 0 spiro atoms. The van der Waals surface area contributed by atoms with E-state index in [0.717, 1.165) is 18.6 Å². The summed E-state index contributed by atoms with van der Waals surface area (Å²) in [4.78, 5) is 0. The molecule has 0 heterocycles. The standard InChI is InChI=1S/C6H8BrN/c1-2-6(8)4-3-5(4)7/h8H,2-3H2,1H3. The van der Waals surface area contributed by atoms with Gasteiger partial charge in [0.25, 0.3) is 0 Å². The molecule has 0 amide bonds. The number of rotatable bonds is 2. The molecule has 0 aromatic rings. The third-order valence-corrected chi connectivity index (χ3v) is 2.01. The smallest absolute Gasteiger partial charge is 0.0354 e. The Hall–Kier alpha value is -0.110. The molecule has 0 saturated heterocycles. The lowest BCUT2D eigenvalue weighted by atomic mass is 10.2. The summed E-state index contributed by atoms with van der Waals surface area (Å²) in [5, 5.41) is 7.30. The van der Waals surface area contributed by atoms with E-state index in [4.69, 9.17) is 5.41 Å². The van der Waals surface area contributed by atoms with Gasteiger partial charge < -0.3 is 5.41 Å². The quantitative estimate of drug-likeness (QED) is 0.621. The number of hydrogen-bond donors (Lipinski definition) is 1. The van der Waals surface area contributed by atoms with Crippen LogP contribution in [0.4, 0.5) is 0 Å². The summed E-state index contributed by atoms with van der Waals surface area (Å²) in [7, 11) is 0. The van der Waals surface area contributed by atoms with Crippen LogP contribution in [0.1, 0.15) is 19.8 Å². The monoisotopic (exact) mass is 173 g/mol. The molecule has 1 nitrogen and oxygen atoms in total. The topological polar surface area (TPSA) is 23.9 Å². The summed E-state index contributed by atoms with van der Waals surface area (Å²) < 4.78 is 1.23. The molecule has 0 radical (unpaired) electrons. The van der Waals surface area contributed by atoms with Crippen molar-refractivity contribution in [2.45, 2.75) is 19.8 Å². The highest BCUT2D eigenvalue weighted by atomic mass is 79.9. The SMILES string of the molecule is CCC(=N)C1=C(Br)C1. The molecule has 0 aromatic heterocycles. The molecule has 0 unspecified atom stereocenters. The molecule has 2 heteroatoms. The Morgan fingerprint density at radius 1 is 1.88 bits per heavy atom. The van der Waals surface area contributed by atoms with E-state index in [9.17, 15) is 0 Å². The Kier molecular flexibility index (Phi) is 1.52. The zero-order valence-corrected chi connectivity index (χ0v) is 6.38. The first-order valence-corrected chi connectivity index (χ1v) is 3.50. The third kappa shape index (κ3) is 0.996. The van der Waals surface area contributed by atoms with Gasteiger partial charge in [-0.1, -0.05) is 22.9 Å². The number of halogens is 1. The van der Waals surface area contributed by atoms with Gasteiger partial charge in [0.1, 0.15) is 0 Å². The fourth-order valence-electron chi connectivity index (χ4n) is 0.595. The van der Waals surface area contributed by atoms with Gasteiger partial charge in [-0.05, 0) is 12.0 Å². The number of nitrogens with one attached hydrogen (secondary N) is 1. The van der Waals surface area contributed by atoms with Crippen LogP contribution in [0, 0.1) is 5.41 Å². The van der Waals surface area contributed by atoms with Crippen LogP contribution < -0.4 is 0 Å². The molecule has 1 aliphatic rings. The fraction of sp³-hybridized carbons (Fsp3) is 0.500. The van der Waals surface area contributed by atoms with Crippen molar-refractivity contribution < 1.29 is 0 Å². The lowest BCUT2D eigenvalue weighted by molar-refractivity contribution is 1.24. The molecular formula is C6H8BrN. The zero-order chi connectivity index (χ0) is 6.15. The molecule has 0 saturated carbocycles. The first kappa shape index (κ1) is 6.02. The van der Waals surface area contributed by atoms with E-state index in [0.29, 0.717) is 0 Å². The van der Waals surface area contributed by atoms with Crippen molar-refractivity contribution in [3.8, 4) is 0 Å². The van der Waals surface area contributed by atoms with Gasteiger partial charge in [0.05, 0.1) is 0 Å². The molecule has 0 fully saturated rings. The van der Waals surface area contributed by atoms with E-state index in [2.05, 4.69) is 15.9 Å². The van der Waals surface area contributed by atoms with Crippen LogP contribution in [-0.2, 0) is 0 Å². The van der Waals surface area contributed by atoms with Gasteiger partial charge in [-0.25, -0.2) is 0 Å². The van der Waals surface area contributed by atoms with Crippen molar-refractivity contribution in [1.29, 1.82) is 5.41 Å². The van der Waals surface area contributed by atoms with Gasteiger partial charge in [-0.3, -0.25) is 0 Å². The van der Waals surface area contributed by atoms with Crippen molar-refractivity contribution in [2.75, 3.05) is 0 Å². The van der Waals surface area contributed by atoms with Crippen molar-refractivity contribution in [1.82, 2.24) is 0 Å². The van der Waals surface area contributed by atoms with Crippen LogP contribution >= 0.6 is 15.9 Å². The summed E-state index contributed by atoms with van der Waals surface area (Å²) in [5.41, 5.74) is 2.00. The first-order chi connectivity index (χ1) is 3.75. The fourth-order valence-corrected chi connectivity index (χ4v) is 1.11. The highest BCUT2D eigenvalue weighted by Gasteiger charge is 2.20. The normalized spacial score (nSPS) is 16.8. The lowest BCUT2D eigenvalue weighted by Gasteiger charge is -1.85. The highest BCUT2D eigenvalue weighted by molar-refractivity contribution is 9.12. The van der Waals surface area contributed by atoms with E-state index in [-0.39, 0.29) is 0 Å². The molecule has 1 N–H and O–H groups in total. The van der Waals surface area contributed by atoms with Crippen molar-refractivity contribution in [2.24, 2.45) is 0 Å². The Morgan fingerprint density at radius 3 is 2.50 bits per heavy atom. The average molecular weight is 174 g/mol. The molecule has 1 aliphatic carbocycles. The van der Waals surface area contributed by atoms with Crippen molar-refractivity contribution in [3.63, 3.8) is 0 Å². The van der Waals surface area contributed by atoms with E-state index in [1.165, 1.54) is 10.1 Å². The molecule has 0 bridgehead atoms. The maximum absolute atomic E-state index is 7.30. The predicted octanol–water partition coefficient (Wildman–Crippen LogP) is 2.47. The van der Waals surface area contributed by atoms with Crippen LogP contribution in [0.15, 0.2) is 10.1 Å². The summed E-state index contributed by atoms with van der Waals surface area (Å²) in [6.45, 7) is 2.01. The second-order valence-electron chi connectivity index (χ2n) is 1.89. The Morgan fingerprint density at radius 2 is 2.38 bits per heavy atom. The minimum atomic E-state index is 0.789. The second-order valence-corrected chi connectivity index (χ2v) is 2.85. The average Bonchev–Trinajstić information content (AvgIpc) is 2.45. The molecule has 8 heavy (non-hydrogen) atoms. The molecule has 0 aliphatic heterocycles. The molecule has 0 aromatic carbocycles. The second kappa shape index (κ2) is 2.02. The molecule has 44 valence electrons. The summed E-state index contributed by atoms with van der Waals surface area (Å²) >= 11 is 3.33. The van der Waals surface area contributed by atoms with E-state index in [1.54, 1.807) is 0 Å². The van der Waals surface area contributed by atoms with Gasteiger partial charge >= 0.3 is 0 Å². The predicted molar refractivity (Wildman–Crippen MR) is 38.6 cm³/mol. The van der Waals surface area contributed by atoms with Crippen LogP contribution in [0.5, 0.6) is 0 Å². The van der Waals surface area contributed by atoms with E-state index in [1.807, 2.05) is 6.92 Å². The Balaban J connectivity index is 2.51. The summed E-state index contributed by atoms with van der Waals surface area (Å²) in [6, 6.07) is 0. The first-order valence-electron chi connectivity index (χ1n) is 2.71. The summed E-state index contributed by atoms with van der Waals surface area (Å²) in [6.07, 6.45) is 1.89. The van der Waals surface area contributed by atoms with Gasteiger partial charge in [0.15, 0.2) is 0 Å². The van der Waals surface area contributed by atoms with Gasteiger partial charge in [0, 0.05) is 16.6 Å². The maximum atomic E-state index is 7.30. The minimum absolute atomic E-state index is 0.789. The third-order valence-electron chi connectivity index (χ3n) is 1.25. The Bertz CT molecular complexity index is 158. The zero-order valence-electron chi connectivity index (χ0n) is 4.79. The number of allylic oxidation sites excluding steroid dienone is 2. The van der Waals surface area contributed by atoms with Crippen molar-refractivity contribution in [3.05, 3.63) is 10.1 Å². The van der Waals surface area contributed by atoms with Crippen LogP contribution in [0.3, 0.4) is 0 Å². The molecule has 1 rings (SSSR count). The van der Waals surface area contributed by atoms with Crippen LogP contribution in [-0.4, -0.2) is 5.71 Å². The van der Waals surface area contributed by atoms with Gasteiger partial charge in [-0.2, -0.15) is 0 Å². The number of hydrogen-bond acceptors (Lipinski definition) is 1. The van der Waals surface area contributed by atoms with Gasteiger partial charge in [-0.15, -0.1) is 0 Å². The Labute approximate surface area is 57.4 Å². The highest BCUT2D eigenvalue weighted by Crippen LogP contribution is 2.37. The minimum Gasteiger partial charge on any atom is -0.305 e. The largest absolute Gasteiger partial charge is 0.305 e. The maximum Gasteiger partial charge on any atom is 0.0354 e. The molecule has 0 atom stereocenters. The molecular weight excluding hydrogens is 166 g/mol. The lowest BCUT2D eigenvalue weighted by Crippen LogP contribution is -1.87. The summed E-state index contributed by atoms with van der Waals surface area (Å²) in [5.74, 6) is 0. The van der Waals surface area contributed by atoms with E-state index < -0.39 is 0 Å². The van der Waals surface area contributed by atoms with Crippen LogP contribution in [0.25, 0.3) is 0 Å². The van der Waals surface area contributed by atoms with Crippen LogP contribution in [0.2, 0.25) is 0 Å². The van der Waals surface area contributed by atoms with E-state index >= 15 is 0 Å². The van der Waals surface area contributed by atoms with Crippen molar-refractivity contribution >= 4 is 21.6 Å².